The Balaban J connectivity index is 0.695. The average molecular weight is 1670 g/mol. The maximum atomic E-state index is 14.6. The van der Waals surface area contributed by atoms with E-state index in [1.165, 1.54) is 19.1 Å². The van der Waals surface area contributed by atoms with Crippen LogP contribution in [0.3, 0.4) is 0 Å². The van der Waals surface area contributed by atoms with Crippen LogP contribution < -0.4 is 101 Å². The summed E-state index contributed by atoms with van der Waals surface area (Å²) in [5, 5.41) is 65.9. The summed E-state index contributed by atoms with van der Waals surface area (Å²) < 4.78 is 0. The predicted octanol–water partition coefficient (Wildman–Crippen LogP) is -1.71. The van der Waals surface area contributed by atoms with Gasteiger partial charge in [-0.15, -0.1) is 0 Å². The fourth-order valence-corrected chi connectivity index (χ4v) is 18.9. The lowest BCUT2D eigenvalue weighted by atomic mass is 9.93. The zero-order valence-corrected chi connectivity index (χ0v) is 70.8. The number of amides is 14. The van der Waals surface area contributed by atoms with Gasteiger partial charge in [0.2, 0.25) is 82.7 Å². The standard InChI is InChI=1S/C86H133N19O15/c1-8-48(6)68(33-76(110)100-69-41-88-36-60(69)77(87)111)101-84(118)64-40-92-45-73(64)105-86(120)63-39-91-43-71(63)103-79(113)53(29-51-23-25-56(107)26-24-51)35-94-81(115)58-18-13-22-67(58)99-75(109)32-55(30-50-15-10-9-11-16-50)97-83(117)61-37-89-44-72(61)104-85(119)62-38-90-42-70(62)102-78(112)52(27-46(2)3)34-93-80(114)57-17-12-21-66(57)98-74(108)31-54(28-47(4)5)96-82(116)59-19-14-20-65(59)95-49(7)106/h9-11,15-16,23-26,46-48,52-55,57-73,88-92,107H,8,12-14,17-22,27-45H2,1-7H3,(H2,87,111)(H,93,114)(H,94,115)(H,95,106)(H,96,116)(H,97,117)(H,98,108)(H,99,109)(H,100,110)(H,101,118)(H,102,112)(H,103,113)(H,104,119)(H,105,120)/t48?,52-,53-,54-,55-,57?,58?,59?,60?,61?,62?,63?,64?,65?,66?,67?,68+,69?,70?,71?,72?,73?/m0/s1. The number of phenolic OH excluding ortho intramolecular Hbond substituents is 1. The number of primary amides is 1. The lowest BCUT2D eigenvalue weighted by Gasteiger charge is -2.29. The van der Waals surface area contributed by atoms with Crippen LogP contribution in [-0.4, -0.2) is 233 Å². The van der Waals surface area contributed by atoms with Gasteiger partial charge in [0.25, 0.3) is 0 Å². The van der Waals surface area contributed by atoms with Crippen molar-refractivity contribution in [1.29, 1.82) is 0 Å². The van der Waals surface area contributed by atoms with Crippen molar-refractivity contribution in [2.75, 3.05) is 78.5 Å². The van der Waals surface area contributed by atoms with Gasteiger partial charge < -0.3 is 107 Å². The summed E-state index contributed by atoms with van der Waals surface area (Å²) in [6.07, 6.45) is 7.52. The van der Waals surface area contributed by atoms with Crippen molar-refractivity contribution in [3.63, 3.8) is 0 Å². The lowest BCUT2D eigenvalue weighted by Crippen LogP contribution is -2.54. The van der Waals surface area contributed by atoms with Gasteiger partial charge >= 0.3 is 0 Å². The Hall–Kier alpha value is -9.38. The molecule has 34 heteroatoms. The highest BCUT2D eigenvalue weighted by atomic mass is 16.3. The summed E-state index contributed by atoms with van der Waals surface area (Å²) in [5.41, 5.74) is 7.14. The summed E-state index contributed by atoms with van der Waals surface area (Å²) in [5.74, 6) is -11.1. The third-order valence-electron chi connectivity index (χ3n) is 25.7. The molecule has 0 spiro atoms. The van der Waals surface area contributed by atoms with Gasteiger partial charge in [0.1, 0.15) is 5.75 Å². The minimum absolute atomic E-state index is 0.0267. The lowest BCUT2D eigenvalue weighted by molar-refractivity contribution is -0.132. The average Bonchev–Trinajstić information content (AvgIpc) is 1.68. The smallest absolute Gasteiger partial charge is 0.226 e. The molecular weight excluding hydrogens is 1540 g/mol. The number of aromatic hydroxyl groups is 1. The second kappa shape index (κ2) is 45.0. The molecular formula is C86H133N19O15. The van der Waals surface area contributed by atoms with Crippen molar-refractivity contribution in [2.24, 2.45) is 82.7 Å². The van der Waals surface area contributed by atoms with Crippen molar-refractivity contribution in [3.05, 3.63) is 65.7 Å². The first kappa shape index (κ1) is 92.9. The molecule has 8 fully saturated rings. The van der Waals surface area contributed by atoms with Gasteiger partial charge in [0.05, 0.1) is 89.4 Å². The second-order valence-corrected chi connectivity index (χ2v) is 35.9. The van der Waals surface area contributed by atoms with E-state index in [2.05, 4.69) is 95.7 Å². The summed E-state index contributed by atoms with van der Waals surface area (Å²) in [6.45, 7) is 16.1. The number of phenols is 1. The molecule has 0 bridgehead atoms. The number of carbonyl (C=O) groups excluding carboxylic acids is 14. The fraction of sp³-hybridized carbons (Fsp3) is 0.698. The third kappa shape index (κ3) is 26.8. The maximum absolute atomic E-state index is 14.6. The van der Waals surface area contributed by atoms with Crippen molar-refractivity contribution in [1.82, 2.24) is 95.7 Å². The fourth-order valence-electron chi connectivity index (χ4n) is 18.9. The van der Waals surface area contributed by atoms with Crippen molar-refractivity contribution in [3.8, 4) is 5.75 Å². The van der Waals surface area contributed by atoms with Gasteiger partial charge in [-0.25, -0.2) is 0 Å². The zero-order valence-electron chi connectivity index (χ0n) is 70.8. The number of hydrogen-bond donors (Lipinski definition) is 20. The van der Waals surface area contributed by atoms with Crippen molar-refractivity contribution in [2.45, 2.75) is 224 Å². The van der Waals surface area contributed by atoms with E-state index in [1.54, 1.807) is 12.1 Å². The first-order chi connectivity index (χ1) is 57.5. The number of benzene rings is 2. The summed E-state index contributed by atoms with van der Waals surface area (Å²) in [6, 6.07) is 9.76. The van der Waals surface area contributed by atoms with E-state index >= 15 is 0 Å². The Morgan fingerprint density at radius 3 is 1.27 bits per heavy atom. The third-order valence-corrected chi connectivity index (χ3v) is 25.7. The Morgan fingerprint density at radius 2 is 0.783 bits per heavy atom. The number of hydrogen-bond acceptors (Lipinski definition) is 20. The topological polar surface area (TPSA) is 502 Å². The summed E-state index contributed by atoms with van der Waals surface area (Å²) >= 11 is 0. The van der Waals surface area contributed by atoms with E-state index in [9.17, 15) is 72.2 Å². The Kier molecular flexibility index (Phi) is 34.8. The molecule has 3 saturated carbocycles. The molecule has 662 valence electrons. The second-order valence-electron chi connectivity index (χ2n) is 35.9. The maximum Gasteiger partial charge on any atom is 0.226 e. The van der Waals surface area contributed by atoms with E-state index < -0.39 is 131 Å². The van der Waals surface area contributed by atoms with E-state index in [0.29, 0.717) is 102 Å². The molecule has 10 rings (SSSR count). The Labute approximate surface area is 704 Å². The normalized spacial score (nSPS) is 27.8. The molecule has 5 heterocycles. The molecule has 120 heavy (non-hydrogen) atoms. The van der Waals surface area contributed by atoms with E-state index in [1.807, 2.05) is 71.9 Å². The van der Waals surface area contributed by atoms with Crippen LogP contribution in [0.1, 0.15) is 156 Å². The van der Waals surface area contributed by atoms with E-state index in [4.69, 9.17) is 5.73 Å². The molecule has 0 aromatic heterocycles. The molecule has 14 amide bonds. The van der Waals surface area contributed by atoms with Crippen molar-refractivity contribution < 1.29 is 72.2 Å². The van der Waals surface area contributed by atoms with E-state index in [-0.39, 0.29) is 185 Å². The zero-order chi connectivity index (χ0) is 86.3. The van der Waals surface area contributed by atoms with Crippen LogP contribution in [0.25, 0.3) is 0 Å². The molecule has 21 N–H and O–H groups in total. The molecule has 2 aromatic carbocycles. The van der Waals surface area contributed by atoms with E-state index in [0.717, 1.165) is 12.0 Å². The molecule has 3 aliphatic carbocycles. The summed E-state index contributed by atoms with van der Waals surface area (Å²) in [7, 11) is 0. The van der Waals surface area contributed by atoms with Crippen LogP contribution in [0.4, 0.5) is 0 Å². The molecule has 2 aromatic rings. The van der Waals surface area contributed by atoms with Gasteiger partial charge in [-0.1, -0.05) is 110 Å². The molecule has 5 aliphatic heterocycles. The predicted molar refractivity (Wildman–Crippen MR) is 447 cm³/mol. The van der Waals surface area contributed by atoms with Gasteiger partial charge in [0, 0.05) is 141 Å². The first-order valence-electron chi connectivity index (χ1n) is 43.9. The summed E-state index contributed by atoms with van der Waals surface area (Å²) in [4.78, 5) is 193. The number of rotatable bonds is 41. The van der Waals surface area contributed by atoms with Gasteiger partial charge in [-0.2, -0.15) is 0 Å². The molecule has 5 saturated heterocycles. The van der Waals surface area contributed by atoms with Gasteiger partial charge in [-0.05, 0) is 105 Å². The van der Waals surface area contributed by atoms with Crippen molar-refractivity contribution >= 4 is 82.7 Å². The SMILES string of the molecule is CCC(C)[C@@H](CC(=O)NC1CNCC1C(N)=O)NC(=O)C1CNCC1NC(=O)C1CNCC1NC(=O)[C@H](CNC(=O)C1CCCC1NC(=O)C[C@H](Cc1ccccc1)NC(=O)C1CNCC1NC(=O)C1CNCC1NC(=O)[C@H](CNC(=O)C1CCCC1NC(=O)C[C@H](CC(C)C)NC(=O)C1CCCC1NC(C)=O)CC(C)C)Cc1ccc(O)cc1. The minimum atomic E-state index is -0.857. The quantitative estimate of drug-likeness (QED) is 0.0352. The highest BCUT2D eigenvalue weighted by Gasteiger charge is 2.46. The molecule has 22 atom stereocenters. The number of nitrogens with one attached hydrogen (secondary N) is 18. The van der Waals surface area contributed by atoms with Crippen LogP contribution in [-0.2, 0) is 80.0 Å². The molecule has 34 nitrogen and oxygen atoms in total. The molecule has 8 aliphatic rings. The van der Waals surface area contributed by atoms with Crippen LogP contribution in [0, 0.1) is 76.9 Å². The number of nitrogens with two attached hydrogens (primary N) is 1. The highest BCUT2D eigenvalue weighted by molar-refractivity contribution is 5.90. The molecule has 17 unspecified atom stereocenters. The molecule has 0 radical (unpaired) electrons. The Morgan fingerprint density at radius 1 is 0.392 bits per heavy atom. The van der Waals surface area contributed by atoms with Crippen LogP contribution in [0.5, 0.6) is 5.75 Å². The van der Waals surface area contributed by atoms with Crippen LogP contribution in [0.15, 0.2) is 54.6 Å². The highest BCUT2D eigenvalue weighted by Crippen LogP contribution is 2.31. The van der Waals surface area contributed by atoms with Crippen LogP contribution >= 0.6 is 0 Å². The Bertz CT molecular complexity index is 3880. The first-order valence-corrected chi connectivity index (χ1v) is 43.9. The minimum Gasteiger partial charge on any atom is -0.508 e. The van der Waals surface area contributed by atoms with Gasteiger partial charge in [0.15, 0.2) is 0 Å². The van der Waals surface area contributed by atoms with Crippen LogP contribution in [0.2, 0.25) is 0 Å². The monoisotopic (exact) mass is 1670 g/mol. The largest absolute Gasteiger partial charge is 0.508 e. The van der Waals surface area contributed by atoms with Gasteiger partial charge in [-0.3, -0.25) is 67.1 Å². The number of carbonyl (C=O) groups is 14.